The minimum atomic E-state index is 0.626. The highest BCUT2D eigenvalue weighted by Crippen LogP contribution is 2.27. The van der Waals surface area contributed by atoms with Gasteiger partial charge in [-0.25, -0.2) is 0 Å². The van der Waals surface area contributed by atoms with Crippen LogP contribution < -0.4 is 10.1 Å². The van der Waals surface area contributed by atoms with Crippen molar-refractivity contribution in [2.45, 2.75) is 33.2 Å². The lowest BCUT2D eigenvalue weighted by atomic mass is 9.85. The summed E-state index contributed by atoms with van der Waals surface area (Å²) in [6, 6.07) is 2.04. The molecule has 1 heterocycles. The maximum absolute atomic E-state index is 6.07. The standard InChI is InChI=1S/C16H24N2O/c1-12-6-4-5-7-14(12)11-19-16-8-13(2)18-10-15(16)9-17-3/h4-5,8,10,12,14,17H,6-7,9,11H2,1-3H3. The largest absolute Gasteiger partial charge is 0.493 e. The summed E-state index contributed by atoms with van der Waals surface area (Å²) in [5.74, 6) is 2.31. The van der Waals surface area contributed by atoms with E-state index in [0.29, 0.717) is 11.8 Å². The second-order valence-corrected chi connectivity index (χ2v) is 5.45. The minimum Gasteiger partial charge on any atom is -0.493 e. The third kappa shape index (κ3) is 3.80. The van der Waals surface area contributed by atoms with Gasteiger partial charge in [-0.2, -0.15) is 0 Å². The smallest absolute Gasteiger partial charge is 0.127 e. The summed E-state index contributed by atoms with van der Waals surface area (Å²) in [5.41, 5.74) is 2.14. The molecule has 1 aromatic heterocycles. The first-order valence-corrected chi connectivity index (χ1v) is 7.08. The molecular weight excluding hydrogens is 236 g/mol. The van der Waals surface area contributed by atoms with E-state index in [1.165, 1.54) is 6.42 Å². The number of nitrogens with zero attached hydrogens (tertiary/aromatic N) is 1. The molecule has 1 aromatic rings. The normalized spacial score (nSPS) is 22.5. The number of aromatic nitrogens is 1. The zero-order chi connectivity index (χ0) is 13.7. The third-order valence-corrected chi connectivity index (χ3v) is 3.82. The number of rotatable bonds is 5. The molecule has 0 aliphatic heterocycles. The highest BCUT2D eigenvalue weighted by Gasteiger charge is 2.19. The molecule has 1 aliphatic carbocycles. The Labute approximate surface area is 116 Å². The SMILES string of the molecule is CNCc1cnc(C)cc1OCC1CC=CCC1C. The number of nitrogens with one attached hydrogen (secondary N) is 1. The predicted molar refractivity (Wildman–Crippen MR) is 78.3 cm³/mol. The van der Waals surface area contributed by atoms with Crippen LogP contribution >= 0.6 is 0 Å². The van der Waals surface area contributed by atoms with Crippen molar-refractivity contribution in [3.05, 3.63) is 35.7 Å². The molecule has 2 unspecified atom stereocenters. The molecule has 2 atom stereocenters. The Morgan fingerprint density at radius 2 is 2.16 bits per heavy atom. The minimum absolute atomic E-state index is 0.626. The van der Waals surface area contributed by atoms with Gasteiger partial charge >= 0.3 is 0 Å². The van der Waals surface area contributed by atoms with E-state index in [-0.39, 0.29) is 0 Å². The summed E-state index contributed by atoms with van der Waals surface area (Å²) < 4.78 is 6.07. The Bertz CT molecular complexity index is 442. The van der Waals surface area contributed by atoms with Crippen LogP contribution in [0, 0.1) is 18.8 Å². The van der Waals surface area contributed by atoms with Crippen molar-refractivity contribution in [3.63, 3.8) is 0 Å². The highest BCUT2D eigenvalue weighted by atomic mass is 16.5. The fourth-order valence-corrected chi connectivity index (χ4v) is 2.46. The lowest BCUT2D eigenvalue weighted by molar-refractivity contribution is 0.196. The van der Waals surface area contributed by atoms with E-state index in [9.17, 15) is 0 Å². The van der Waals surface area contributed by atoms with Crippen LogP contribution in [0.25, 0.3) is 0 Å². The molecule has 2 rings (SSSR count). The second-order valence-electron chi connectivity index (χ2n) is 5.45. The van der Waals surface area contributed by atoms with E-state index >= 15 is 0 Å². The van der Waals surface area contributed by atoms with E-state index in [0.717, 1.165) is 36.6 Å². The zero-order valence-corrected chi connectivity index (χ0v) is 12.1. The predicted octanol–water partition coefficient (Wildman–Crippen LogP) is 3.09. The molecule has 0 radical (unpaired) electrons. The molecule has 0 bridgehead atoms. The van der Waals surface area contributed by atoms with Crippen molar-refractivity contribution in [2.75, 3.05) is 13.7 Å². The van der Waals surface area contributed by atoms with Gasteiger partial charge < -0.3 is 10.1 Å². The summed E-state index contributed by atoms with van der Waals surface area (Å²) >= 11 is 0. The average Bonchev–Trinajstić information content (AvgIpc) is 2.41. The lowest BCUT2D eigenvalue weighted by Crippen LogP contribution is -2.21. The number of hydrogen-bond donors (Lipinski definition) is 1. The molecule has 1 aliphatic rings. The van der Waals surface area contributed by atoms with Crippen molar-refractivity contribution in [2.24, 2.45) is 11.8 Å². The van der Waals surface area contributed by atoms with Crippen molar-refractivity contribution < 1.29 is 4.74 Å². The number of pyridine rings is 1. The van der Waals surface area contributed by atoms with Crippen LogP contribution in [-0.2, 0) is 6.54 Å². The maximum Gasteiger partial charge on any atom is 0.127 e. The summed E-state index contributed by atoms with van der Waals surface area (Å²) in [7, 11) is 1.94. The Morgan fingerprint density at radius 1 is 1.37 bits per heavy atom. The molecule has 0 amide bonds. The van der Waals surface area contributed by atoms with E-state index < -0.39 is 0 Å². The quantitative estimate of drug-likeness (QED) is 0.826. The van der Waals surface area contributed by atoms with Crippen molar-refractivity contribution in [3.8, 4) is 5.75 Å². The number of ether oxygens (including phenoxy) is 1. The van der Waals surface area contributed by atoms with Gasteiger partial charge in [-0.1, -0.05) is 19.1 Å². The summed E-state index contributed by atoms with van der Waals surface area (Å²) in [5, 5.41) is 3.16. The molecule has 0 saturated carbocycles. The monoisotopic (exact) mass is 260 g/mol. The van der Waals surface area contributed by atoms with Crippen molar-refractivity contribution in [1.29, 1.82) is 0 Å². The van der Waals surface area contributed by atoms with Gasteiger partial charge in [0.15, 0.2) is 0 Å². The van der Waals surface area contributed by atoms with E-state index in [1.54, 1.807) is 0 Å². The van der Waals surface area contributed by atoms with Crippen molar-refractivity contribution in [1.82, 2.24) is 10.3 Å². The summed E-state index contributed by atoms with van der Waals surface area (Å²) in [4.78, 5) is 4.34. The van der Waals surface area contributed by atoms with Crippen LogP contribution in [-0.4, -0.2) is 18.6 Å². The number of aryl methyl sites for hydroxylation is 1. The molecule has 19 heavy (non-hydrogen) atoms. The lowest BCUT2D eigenvalue weighted by Gasteiger charge is -2.25. The molecule has 3 nitrogen and oxygen atoms in total. The Balaban J connectivity index is 2.01. The van der Waals surface area contributed by atoms with Crippen molar-refractivity contribution >= 4 is 0 Å². The molecule has 0 spiro atoms. The molecule has 0 saturated heterocycles. The maximum atomic E-state index is 6.07. The fourth-order valence-electron chi connectivity index (χ4n) is 2.46. The van der Waals surface area contributed by atoms with Crippen LogP contribution in [0.4, 0.5) is 0 Å². The van der Waals surface area contributed by atoms with Gasteiger partial charge in [0.05, 0.1) is 6.61 Å². The van der Waals surface area contributed by atoms with Crippen LogP contribution in [0.2, 0.25) is 0 Å². The van der Waals surface area contributed by atoms with Gasteiger partial charge in [-0.3, -0.25) is 4.98 Å². The van der Waals surface area contributed by atoms with Crippen LogP contribution in [0.5, 0.6) is 5.75 Å². The van der Waals surface area contributed by atoms with Crippen LogP contribution in [0.15, 0.2) is 24.4 Å². The second kappa shape index (κ2) is 6.71. The van der Waals surface area contributed by atoms with Gasteiger partial charge in [0.1, 0.15) is 5.75 Å². The summed E-state index contributed by atoms with van der Waals surface area (Å²) in [6.07, 6.45) is 8.77. The third-order valence-electron chi connectivity index (χ3n) is 3.82. The number of allylic oxidation sites excluding steroid dienone is 2. The molecular formula is C16H24N2O. The van der Waals surface area contributed by atoms with E-state index in [1.807, 2.05) is 26.2 Å². The Morgan fingerprint density at radius 3 is 2.89 bits per heavy atom. The molecule has 104 valence electrons. The first-order valence-electron chi connectivity index (χ1n) is 7.08. The van der Waals surface area contributed by atoms with E-state index in [4.69, 9.17) is 4.74 Å². The van der Waals surface area contributed by atoms with Gasteiger partial charge in [0.2, 0.25) is 0 Å². The topological polar surface area (TPSA) is 34.2 Å². The molecule has 1 N–H and O–H groups in total. The Kier molecular flexibility index (Phi) is 4.97. The summed E-state index contributed by atoms with van der Waals surface area (Å²) in [6.45, 7) is 5.90. The molecule has 0 aromatic carbocycles. The Hall–Kier alpha value is -1.35. The highest BCUT2D eigenvalue weighted by molar-refractivity contribution is 5.32. The van der Waals surface area contributed by atoms with Gasteiger partial charge in [0.25, 0.3) is 0 Å². The first-order chi connectivity index (χ1) is 9.20. The molecule has 3 heteroatoms. The van der Waals surface area contributed by atoms with Gasteiger partial charge in [0, 0.05) is 30.1 Å². The molecule has 0 fully saturated rings. The van der Waals surface area contributed by atoms with Crippen LogP contribution in [0.1, 0.15) is 31.0 Å². The van der Waals surface area contributed by atoms with Crippen LogP contribution in [0.3, 0.4) is 0 Å². The number of hydrogen-bond acceptors (Lipinski definition) is 3. The van der Waals surface area contributed by atoms with Gasteiger partial charge in [-0.15, -0.1) is 0 Å². The van der Waals surface area contributed by atoms with Gasteiger partial charge in [-0.05, 0) is 38.6 Å². The van der Waals surface area contributed by atoms with E-state index in [2.05, 4.69) is 29.4 Å². The fraction of sp³-hybridized carbons (Fsp3) is 0.562. The first kappa shape index (κ1) is 14.1. The zero-order valence-electron chi connectivity index (χ0n) is 12.1. The average molecular weight is 260 g/mol.